The van der Waals surface area contributed by atoms with Gasteiger partial charge in [-0.05, 0) is 24.6 Å². The number of nitrogens with one attached hydrogen (secondary N) is 2. The first kappa shape index (κ1) is 11.4. The van der Waals surface area contributed by atoms with Gasteiger partial charge in [0, 0.05) is 12.7 Å². The molecule has 0 atom stereocenters. The first-order valence-corrected chi connectivity index (χ1v) is 5.71. The standard InChI is InChI=1S/C12H16N4O/c1-2-6-13-11-5-7-14-12(16-11)15-9-10-4-3-8-17-10/h3-5,7-8H,2,6,9H2,1H3,(H2,13,14,15,16). The predicted octanol–water partition coefficient (Wildman–Crippen LogP) is 2.50. The van der Waals surface area contributed by atoms with Gasteiger partial charge in [-0.15, -0.1) is 0 Å². The van der Waals surface area contributed by atoms with Crippen LogP contribution in [0.1, 0.15) is 19.1 Å². The molecule has 0 amide bonds. The molecule has 0 aliphatic rings. The minimum absolute atomic E-state index is 0.588. The van der Waals surface area contributed by atoms with Gasteiger partial charge in [0.1, 0.15) is 11.6 Å². The molecular weight excluding hydrogens is 216 g/mol. The fourth-order valence-electron chi connectivity index (χ4n) is 1.37. The van der Waals surface area contributed by atoms with Crippen LogP contribution in [0.3, 0.4) is 0 Å². The number of rotatable bonds is 6. The van der Waals surface area contributed by atoms with E-state index in [4.69, 9.17) is 4.42 Å². The monoisotopic (exact) mass is 232 g/mol. The van der Waals surface area contributed by atoms with Crippen molar-refractivity contribution >= 4 is 11.8 Å². The molecule has 0 spiro atoms. The summed E-state index contributed by atoms with van der Waals surface area (Å²) < 4.78 is 5.22. The Morgan fingerprint density at radius 2 is 2.24 bits per heavy atom. The third kappa shape index (κ3) is 3.48. The summed E-state index contributed by atoms with van der Waals surface area (Å²) in [4.78, 5) is 8.48. The van der Waals surface area contributed by atoms with E-state index in [1.165, 1.54) is 0 Å². The number of aromatic nitrogens is 2. The Balaban J connectivity index is 1.91. The lowest BCUT2D eigenvalue weighted by molar-refractivity contribution is 0.517. The fraction of sp³-hybridized carbons (Fsp3) is 0.333. The Kier molecular flexibility index (Phi) is 3.96. The van der Waals surface area contributed by atoms with Crippen molar-refractivity contribution in [1.29, 1.82) is 0 Å². The zero-order chi connectivity index (χ0) is 11.9. The lowest BCUT2D eigenvalue weighted by Crippen LogP contribution is -2.06. The molecule has 17 heavy (non-hydrogen) atoms. The van der Waals surface area contributed by atoms with Gasteiger partial charge in [-0.3, -0.25) is 0 Å². The zero-order valence-corrected chi connectivity index (χ0v) is 9.81. The molecule has 2 rings (SSSR count). The molecule has 0 saturated heterocycles. The van der Waals surface area contributed by atoms with Crippen LogP contribution in [0.5, 0.6) is 0 Å². The highest BCUT2D eigenvalue weighted by Gasteiger charge is 1.99. The zero-order valence-electron chi connectivity index (χ0n) is 9.81. The van der Waals surface area contributed by atoms with E-state index in [1.807, 2.05) is 18.2 Å². The molecular formula is C12H16N4O. The second-order valence-corrected chi connectivity index (χ2v) is 3.63. The lowest BCUT2D eigenvalue weighted by Gasteiger charge is -2.06. The molecule has 0 fully saturated rings. The van der Waals surface area contributed by atoms with E-state index >= 15 is 0 Å². The minimum Gasteiger partial charge on any atom is -0.467 e. The van der Waals surface area contributed by atoms with Crippen LogP contribution in [0.15, 0.2) is 35.1 Å². The molecule has 0 bridgehead atoms. The largest absolute Gasteiger partial charge is 0.467 e. The summed E-state index contributed by atoms with van der Waals surface area (Å²) in [5.74, 6) is 2.30. The fourth-order valence-corrected chi connectivity index (χ4v) is 1.37. The van der Waals surface area contributed by atoms with Gasteiger partial charge in [-0.2, -0.15) is 4.98 Å². The maximum Gasteiger partial charge on any atom is 0.224 e. The van der Waals surface area contributed by atoms with E-state index in [-0.39, 0.29) is 0 Å². The normalized spacial score (nSPS) is 10.2. The molecule has 2 N–H and O–H groups in total. The van der Waals surface area contributed by atoms with Gasteiger partial charge in [0.15, 0.2) is 0 Å². The van der Waals surface area contributed by atoms with Crippen LogP contribution in [0, 0.1) is 0 Å². The van der Waals surface area contributed by atoms with E-state index in [0.717, 1.165) is 24.5 Å². The summed E-state index contributed by atoms with van der Waals surface area (Å²) in [7, 11) is 0. The molecule has 0 aromatic carbocycles. The first-order valence-electron chi connectivity index (χ1n) is 5.71. The summed E-state index contributed by atoms with van der Waals surface area (Å²) in [5.41, 5.74) is 0. The third-order valence-electron chi connectivity index (χ3n) is 2.21. The molecule has 0 unspecified atom stereocenters. The Hall–Kier alpha value is -2.04. The van der Waals surface area contributed by atoms with Crippen LogP contribution in [0.4, 0.5) is 11.8 Å². The lowest BCUT2D eigenvalue weighted by atomic mass is 10.4. The molecule has 2 heterocycles. The average Bonchev–Trinajstić information content (AvgIpc) is 2.87. The van der Waals surface area contributed by atoms with Gasteiger partial charge >= 0.3 is 0 Å². The molecule has 2 aromatic rings. The van der Waals surface area contributed by atoms with E-state index < -0.39 is 0 Å². The maximum atomic E-state index is 5.22. The summed E-state index contributed by atoms with van der Waals surface area (Å²) in [6.45, 7) is 3.61. The average molecular weight is 232 g/mol. The van der Waals surface area contributed by atoms with Crippen molar-refractivity contribution in [3.63, 3.8) is 0 Å². The smallest absolute Gasteiger partial charge is 0.224 e. The molecule has 0 saturated carbocycles. The van der Waals surface area contributed by atoms with Crippen LogP contribution in [-0.4, -0.2) is 16.5 Å². The second-order valence-electron chi connectivity index (χ2n) is 3.63. The highest BCUT2D eigenvalue weighted by atomic mass is 16.3. The van der Waals surface area contributed by atoms with Gasteiger partial charge in [0.25, 0.3) is 0 Å². The van der Waals surface area contributed by atoms with Crippen LogP contribution in [0.25, 0.3) is 0 Å². The summed E-state index contributed by atoms with van der Waals surface area (Å²) in [6.07, 6.45) is 4.45. The van der Waals surface area contributed by atoms with Gasteiger partial charge in [-0.25, -0.2) is 4.98 Å². The molecule has 2 aromatic heterocycles. The molecule has 5 heteroatoms. The number of hydrogen-bond donors (Lipinski definition) is 2. The number of nitrogens with zero attached hydrogens (tertiary/aromatic N) is 2. The highest BCUT2D eigenvalue weighted by Crippen LogP contribution is 2.07. The van der Waals surface area contributed by atoms with Gasteiger partial charge in [0.2, 0.25) is 5.95 Å². The molecule has 0 aliphatic carbocycles. The number of anilines is 2. The Labute approximate surface area is 100 Å². The van der Waals surface area contributed by atoms with Gasteiger partial charge in [-0.1, -0.05) is 6.92 Å². The summed E-state index contributed by atoms with van der Waals surface area (Å²) >= 11 is 0. The number of hydrogen-bond acceptors (Lipinski definition) is 5. The van der Waals surface area contributed by atoms with Crippen molar-refractivity contribution in [3.05, 3.63) is 36.4 Å². The number of furan rings is 1. The minimum atomic E-state index is 0.588. The quantitative estimate of drug-likeness (QED) is 0.801. The molecule has 0 radical (unpaired) electrons. The SMILES string of the molecule is CCCNc1ccnc(NCc2ccco2)n1. The molecule has 0 aliphatic heterocycles. The van der Waals surface area contributed by atoms with Crippen molar-refractivity contribution in [2.24, 2.45) is 0 Å². The van der Waals surface area contributed by atoms with Crippen molar-refractivity contribution in [2.75, 3.05) is 17.2 Å². The third-order valence-corrected chi connectivity index (χ3v) is 2.21. The van der Waals surface area contributed by atoms with Crippen molar-refractivity contribution in [2.45, 2.75) is 19.9 Å². The highest BCUT2D eigenvalue weighted by molar-refractivity contribution is 5.39. The summed E-state index contributed by atoms with van der Waals surface area (Å²) in [6, 6.07) is 5.62. The van der Waals surface area contributed by atoms with Crippen LogP contribution in [0.2, 0.25) is 0 Å². The molecule has 90 valence electrons. The Morgan fingerprint density at radius 3 is 3.00 bits per heavy atom. The molecule has 5 nitrogen and oxygen atoms in total. The first-order chi connectivity index (χ1) is 8.38. The summed E-state index contributed by atoms with van der Waals surface area (Å²) in [5, 5.41) is 6.32. The van der Waals surface area contributed by atoms with E-state index in [0.29, 0.717) is 12.5 Å². The topological polar surface area (TPSA) is 63.0 Å². The van der Waals surface area contributed by atoms with E-state index in [1.54, 1.807) is 12.5 Å². The van der Waals surface area contributed by atoms with Crippen molar-refractivity contribution in [1.82, 2.24) is 9.97 Å². The van der Waals surface area contributed by atoms with Gasteiger partial charge < -0.3 is 15.1 Å². The Morgan fingerprint density at radius 1 is 1.29 bits per heavy atom. The van der Waals surface area contributed by atoms with E-state index in [9.17, 15) is 0 Å². The van der Waals surface area contributed by atoms with Gasteiger partial charge in [0.05, 0.1) is 12.8 Å². The Bertz CT molecular complexity index is 442. The van der Waals surface area contributed by atoms with Crippen molar-refractivity contribution in [3.8, 4) is 0 Å². The van der Waals surface area contributed by atoms with E-state index in [2.05, 4.69) is 27.5 Å². The predicted molar refractivity (Wildman–Crippen MR) is 66.8 cm³/mol. The second kappa shape index (κ2) is 5.89. The van der Waals surface area contributed by atoms with Crippen LogP contribution >= 0.6 is 0 Å². The van der Waals surface area contributed by atoms with Crippen molar-refractivity contribution < 1.29 is 4.42 Å². The van der Waals surface area contributed by atoms with Crippen LogP contribution < -0.4 is 10.6 Å². The maximum absolute atomic E-state index is 5.22. The van der Waals surface area contributed by atoms with Crippen LogP contribution in [-0.2, 0) is 6.54 Å².